The molecule has 1 aromatic heterocycles. The minimum absolute atomic E-state index is 0.146. The zero-order valence-electron chi connectivity index (χ0n) is 19.7. The zero-order valence-corrected chi connectivity index (χ0v) is 19.7. The van der Waals surface area contributed by atoms with Gasteiger partial charge >= 0.3 is 0 Å². The van der Waals surface area contributed by atoms with Crippen LogP contribution in [-0.2, 0) is 10.2 Å². The van der Waals surface area contributed by atoms with Crippen LogP contribution in [0.5, 0.6) is 0 Å². The van der Waals surface area contributed by atoms with E-state index in [4.69, 9.17) is 5.73 Å². The third kappa shape index (κ3) is 5.07. The van der Waals surface area contributed by atoms with Crippen molar-refractivity contribution in [2.45, 2.75) is 44.2 Å². The molecule has 35 heavy (non-hydrogen) atoms. The van der Waals surface area contributed by atoms with Crippen LogP contribution in [0.2, 0.25) is 0 Å². The van der Waals surface area contributed by atoms with Crippen molar-refractivity contribution in [2.75, 3.05) is 11.9 Å². The highest BCUT2D eigenvalue weighted by Crippen LogP contribution is 2.35. The number of aromatic nitrogens is 1. The molecule has 1 aliphatic heterocycles. The second-order valence-electron chi connectivity index (χ2n) is 9.30. The molecule has 3 aromatic rings. The lowest BCUT2D eigenvalue weighted by Crippen LogP contribution is -2.49. The molecule has 8 heteroatoms. The number of hydrogen-bond acceptors (Lipinski definition) is 4. The summed E-state index contributed by atoms with van der Waals surface area (Å²) in [7, 11) is 0. The van der Waals surface area contributed by atoms with Crippen molar-refractivity contribution in [3.8, 4) is 0 Å². The highest BCUT2D eigenvalue weighted by atomic mass is 19.1. The van der Waals surface area contributed by atoms with E-state index in [2.05, 4.69) is 10.3 Å². The molecule has 0 aliphatic carbocycles. The van der Waals surface area contributed by atoms with Gasteiger partial charge in [0.1, 0.15) is 11.6 Å². The van der Waals surface area contributed by atoms with Gasteiger partial charge in [-0.25, -0.2) is 8.78 Å². The number of nitrogens with two attached hydrogens (primary N) is 1. The molecule has 2 aromatic carbocycles. The van der Waals surface area contributed by atoms with Crippen molar-refractivity contribution in [3.63, 3.8) is 0 Å². The molecule has 2 amide bonds. The van der Waals surface area contributed by atoms with E-state index in [0.29, 0.717) is 24.2 Å². The topological polar surface area (TPSA) is 88.3 Å². The number of amides is 2. The van der Waals surface area contributed by atoms with Crippen molar-refractivity contribution in [3.05, 3.63) is 95.3 Å². The average Bonchev–Trinajstić information content (AvgIpc) is 3.33. The van der Waals surface area contributed by atoms with Crippen LogP contribution in [0.1, 0.15) is 54.2 Å². The Hall–Kier alpha value is -3.65. The van der Waals surface area contributed by atoms with Crippen LogP contribution in [0.25, 0.3) is 0 Å². The normalized spacial score (nSPS) is 16.7. The van der Waals surface area contributed by atoms with Crippen molar-refractivity contribution in [1.82, 2.24) is 9.88 Å². The van der Waals surface area contributed by atoms with E-state index < -0.39 is 23.1 Å². The maximum atomic E-state index is 14.5. The molecule has 3 N–H and O–H groups in total. The van der Waals surface area contributed by atoms with Crippen molar-refractivity contribution < 1.29 is 18.4 Å². The SMILES string of the molecule is CC(C)(C(=O)N1CCCC1C(N)c1ccc(C(=O)Nc2ccncc2)cc1)c1ccc(F)cc1F. The number of carbonyl (C=O) groups is 2. The third-order valence-corrected chi connectivity index (χ3v) is 6.61. The van der Waals surface area contributed by atoms with E-state index in [-0.39, 0.29) is 23.4 Å². The lowest BCUT2D eigenvalue weighted by atomic mass is 9.82. The standard InChI is InChI=1S/C27H28F2N4O2/c1-27(2,21-10-9-19(28)16-22(21)29)26(35)33-15-3-4-23(33)24(30)17-5-7-18(8-6-17)25(34)32-20-11-13-31-14-12-20/h5-14,16,23-24H,3-4,15,30H2,1-2H3,(H,31,32,34). The van der Waals surface area contributed by atoms with Crippen LogP contribution in [0.3, 0.4) is 0 Å². The summed E-state index contributed by atoms with van der Waals surface area (Å²) in [5, 5.41) is 2.81. The van der Waals surface area contributed by atoms with Crippen LogP contribution in [-0.4, -0.2) is 34.3 Å². The second-order valence-corrected chi connectivity index (χ2v) is 9.30. The molecule has 1 fully saturated rings. The number of nitrogens with zero attached hydrogens (tertiary/aromatic N) is 2. The molecule has 2 unspecified atom stereocenters. The monoisotopic (exact) mass is 478 g/mol. The van der Waals surface area contributed by atoms with Crippen LogP contribution >= 0.6 is 0 Å². The first-order chi connectivity index (χ1) is 16.7. The quantitative estimate of drug-likeness (QED) is 0.543. The maximum absolute atomic E-state index is 14.5. The Bertz CT molecular complexity index is 1220. The minimum atomic E-state index is -1.19. The Balaban J connectivity index is 1.49. The molecule has 2 atom stereocenters. The lowest BCUT2D eigenvalue weighted by Gasteiger charge is -2.36. The molecule has 1 aliphatic rings. The Morgan fingerprint density at radius 1 is 1.09 bits per heavy atom. The van der Waals surface area contributed by atoms with Gasteiger partial charge in [-0.1, -0.05) is 18.2 Å². The zero-order chi connectivity index (χ0) is 25.2. The number of anilines is 1. The van der Waals surface area contributed by atoms with Crippen molar-refractivity contribution in [1.29, 1.82) is 0 Å². The predicted molar refractivity (Wildman–Crippen MR) is 130 cm³/mol. The Morgan fingerprint density at radius 3 is 2.43 bits per heavy atom. The summed E-state index contributed by atoms with van der Waals surface area (Å²) in [4.78, 5) is 31.7. The molecule has 182 valence electrons. The second kappa shape index (κ2) is 9.92. The predicted octanol–water partition coefficient (Wildman–Crippen LogP) is 4.58. The van der Waals surface area contributed by atoms with Gasteiger partial charge in [0.05, 0.1) is 17.5 Å². The highest BCUT2D eigenvalue weighted by molar-refractivity contribution is 6.04. The number of pyridine rings is 1. The molecule has 1 saturated heterocycles. The summed E-state index contributed by atoms with van der Waals surface area (Å²) >= 11 is 0. The Labute approximate surface area is 203 Å². The number of halogens is 2. The van der Waals surface area contributed by atoms with Crippen molar-refractivity contribution >= 4 is 17.5 Å². The van der Waals surface area contributed by atoms with Crippen LogP contribution in [0.15, 0.2) is 67.0 Å². The number of carbonyl (C=O) groups excluding carboxylic acids is 2. The molecular formula is C27H28F2N4O2. The average molecular weight is 479 g/mol. The molecule has 0 saturated carbocycles. The summed E-state index contributed by atoms with van der Waals surface area (Å²) in [6, 6.07) is 12.9. The highest BCUT2D eigenvalue weighted by Gasteiger charge is 2.42. The molecule has 6 nitrogen and oxygen atoms in total. The number of likely N-dealkylation sites (tertiary alicyclic amines) is 1. The van der Waals surface area contributed by atoms with E-state index in [9.17, 15) is 18.4 Å². The molecular weight excluding hydrogens is 450 g/mol. The van der Waals surface area contributed by atoms with Gasteiger partial charge in [-0.3, -0.25) is 14.6 Å². The van der Waals surface area contributed by atoms with Crippen LogP contribution < -0.4 is 11.1 Å². The van der Waals surface area contributed by atoms with Crippen LogP contribution in [0.4, 0.5) is 14.5 Å². The van der Waals surface area contributed by atoms with Gasteiger partial charge in [0, 0.05) is 41.8 Å². The fourth-order valence-corrected chi connectivity index (χ4v) is 4.61. The molecule has 2 heterocycles. The van der Waals surface area contributed by atoms with Gasteiger partial charge in [-0.2, -0.15) is 0 Å². The van der Waals surface area contributed by atoms with Gasteiger partial charge in [-0.15, -0.1) is 0 Å². The van der Waals surface area contributed by atoms with E-state index in [1.54, 1.807) is 67.5 Å². The fourth-order valence-electron chi connectivity index (χ4n) is 4.61. The number of benzene rings is 2. The van der Waals surface area contributed by atoms with E-state index >= 15 is 0 Å². The summed E-state index contributed by atoms with van der Waals surface area (Å²) in [5.74, 6) is -1.94. The largest absolute Gasteiger partial charge is 0.337 e. The molecule has 4 rings (SSSR count). The fraction of sp³-hybridized carbons (Fsp3) is 0.296. The number of hydrogen-bond donors (Lipinski definition) is 2. The molecule has 0 radical (unpaired) electrons. The van der Waals surface area contributed by atoms with E-state index in [0.717, 1.165) is 24.1 Å². The van der Waals surface area contributed by atoms with E-state index in [1.165, 1.54) is 6.07 Å². The summed E-state index contributed by atoms with van der Waals surface area (Å²) in [6.45, 7) is 3.79. The van der Waals surface area contributed by atoms with Crippen molar-refractivity contribution in [2.24, 2.45) is 5.73 Å². The lowest BCUT2D eigenvalue weighted by molar-refractivity contribution is -0.137. The Kier molecular flexibility index (Phi) is 6.93. The smallest absolute Gasteiger partial charge is 0.255 e. The van der Waals surface area contributed by atoms with Crippen LogP contribution in [0, 0.1) is 11.6 Å². The van der Waals surface area contributed by atoms with Gasteiger partial charge in [0.25, 0.3) is 5.91 Å². The molecule has 0 bridgehead atoms. The van der Waals surface area contributed by atoms with Gasteiger partial charge in [0.15, 0.2) is 0 Å². The van der Waals surface area contributed by atoms with Gasteiger partial charge < -0.3 is 16.0 Å². The summed E-state index contributed by atoms with van der Waals surface area (Å²) in [5.41, 5.74) is 7.46. The third-order valence-electron chi connectivity index (χ3n) is 6.61. The summed E-state index contributed by atoms with van der Waals surface area (Å²) in [6.07, 6.45) is 4.67. The van der Waals surface area contributed by atoms with E-state index in [1.807, 2.05) is 0 Å². The summed E-state index contributed by atoms with van der Waals surface area (Å²) < 4.78 is 27.9. The maximum Gasteiger partial charge on any atom is 0.255 e. The number of nitrogens with one attached hydrogen (secondary N) is 1. The first kappa shape index (κ1) is 24.5. The first-order valence-corrected chi connectivity index (χ1v) is 11.5. The first-order valence-electron chi connectivity index (χ1n) is 11.5. The Morgan fingerprint density at radius 2 is 1.77 bits per heavy atom. The minimum Gasteiger partial charge on any atom is -0.337 e. The molecule has 0 spiro atoms. The van der Waals surface area contributed by atoms with Gasteiger partial charge in [-0.05, 0) is 62.6 Å². The number of rotatable bonds is 6. The van der Waals surface area contributed by atoms with Gasteiger partial charge in [0.2, 0.25) is 5.91 Å².